The van der Waals surface area contributed by atoms with Crippen LogP contribution in [0.2, 0.25) is 0 Å². The summed E-state index contributed by atoms with van der Waals surface area (Å²) in [6.45, 7) is 10.8. The summed E-state index contributed by atoms with van der Waals surface area (Å²) in [5, 5.41) is 33.8. The highest BCUT2D eigenvalue weighted by Crippen LogP contribution is 2.61. The van der Waals surface area contributed by atoms with Gasteiger partial charge >= 0.3 is 0 Å². The summed E-state index contributed by atoms with van der Waals surface area (Å²) in [6, 6.07) is 0.0993. The standard InChI is InChI=1S/C45H79N5O6/c1-26-37-20-33(45(37,3)4)21-38(26)48-44(54)41-40(27(2)52)39(25-51)56-50(41)24-29-14-11-15-36(42(29)55-7)30-16-31(19-35(18-30)49(5)6)43(53)47-23-34-17-32(22-46-34)28-12-9-8-10-13-28/h26-42,46,51-52H,8-25H2,1-7H3,(H,47,53)(H,48,54)/t26-,27-,29?,30?,31?,32+,33+,34-,35?,36?,37-,38-,39-,40-,41-,42?/m0/s1. The van der Waals surface area contributed by atoms with Crippen molar-refractivity contribution in [3.63, 3.8) is 0 Å². The molecule has 11 nitrogen and oxygen atoms in total. The molecule has 6 saturated carbocycles. The van der Waals surface area contributed by atoms with Gasteiger partial charge in [0.25, 0.3) is 0 Å². The molecule has 2 bridgehead atoms. The van der Waals surface area contributed by atoms with E-state index in [-0.39, 0.29) is 42.4 Å². The number of hydrogen-bond acceptors (Lipinski definition) is 9. The van der Waals surface area contributed by atoms with Crippen LogP contribution in [0.1, 0.15) is 118 Å². The monoisotopic (exact) mass is 786 g/mol. The first-order chi connectivity index (χ1) is 26.8. The Bertz CT molecular complexity index is 1330. The van der Waals surface area contributed by atoms with Crippen LogP contribution in [-0.2, 0) is 19.2 Å². The zero-order valence-electron chi connectivity index (χ0n) is 36.0. The molecule has 11 heteroatoms. The molecule has 320 valence electrons. The van der Waals surface area contributed by atoms with Gasteiger partial charge in [-0.3, -0.25) is 14.4 Å². The molecule has 56 heavy (non-hydrogen) atoms. The van der Waals surface area contributed by atoms with Gasteiger partial charge in [0.2, 0.25) is 11.8 Å². The van der Waals surface area contributed by atoms with Crippen molar-refractivity contribution in [1.82, 2.24) is 25.9 Å². The van der Waals surface area contributed by atoms with Gasteiger partial charge in [0, 0.05) is 56.1 Å². The zero-order valence-corrected chi connectivity index (χ0v) is 36.0. The van der Waals surface area contributed by atoms with Crippen LogP contribution >= 0.6 is 0 Å². The third-order valence-corrected chi connectivity index (χ3v) is 17.3. The number of hydrogen-bond donors (Lipinski definition) is 5. The van der Waals surface area contributed by atoms with Crippen LogP contribution in [0.15, 0.2) is 0 Å². The highest BCUT2D eigenvalue weighted by Gasteiger charge is 2.58. The molecule has 6 aliphatic carbocycles. The number of aliphatic hydroxyl groups is 2. The Morgan fingerprint density at radius 2 is 1.73 bits per heavy atom. The lowest BCUT2D eigenvalue weighted by Crippen LogP contribution is -2.62. The van der Waals surface area contributed by atoms with Crippen molar-refractivity contribution in [3.8, 4) is 0 Å². The van der Waals surface area contributed by atoms with Crippen LogP contribution < -0.4 is 16.0 Å². The van der Waals surface area contributed by atoms with Crippen LogP contribution in [0.5, 0.6) is 0 Å². The number of methoxy groups -OCH3 is 1. The smallest absolute Gasteiger partial charge is 0.240 e. The number of hydroxylamine groups is 2. The van der Waals surface area contributed by atoms with Crippen molar-refractivity contribution in [2.75, 3.05) is 47.4 Å². The molecule has 2 heterocycles. The van der Waals surface area contributed by atoms with E-state index >= 15 is 0 Å². The summed E-state index contributed by atoms with van der Waals surface area (Å²) in [4.78, 5) is 37.0. The highest BCUT2D eigenvalue weighted by atomic mass is 16.7. The number of nitrogens with one attached hydrogen (secondary N) is 3. The van der Waals surface area contributed by atoms with E-state index < -0.39 is 24.2 Å². The Labute approximate surface area is 338 Å². The summed E-state index contributed by atoms with van der Waals surface area (Å²) in [5.74, 6) is 3.49. The number of nitrogens with zero attached hydrogens (tertiary/aromatic N) is 2. The molecular formula is C45H79N5O6. The highest BCUT2D eigenvalue weighted by molar-refractivity contribution is 5.83. The van der Waals surface area contributed by atoms with E-state index in [1.54, 1.807) is 12.0 Å². The molecule has 8 fully saturated rings. The molecule has 16 atom stereocenters. The first-order valence-electron chi connectivity index (χ1n) is 23.0. The van der Waals surface area contributed by atoms with Crippen LogP contribution in [0.3, 0.4) is 0 Å². The molecule has 2 amide bonds. The molecule has 0 spiro atoms. The third kappa shape index (κ3) is 8.76. The number of ether oxygens (including phenoxy) is 1. The Balaban J connectivity index is 1.00. The second-order valence-electron chi connectivity index (χ2n) is 20.8. The molecule has 8 aliphatic rings. The van der Waals surface area contributed by atoms with E-state index in [1.807, 2.05) is 7.11 Å². The Morgan fingerprint density at radius 3 is 2.39 bits per heavy atom. The maximum atomic E-state index is 14.4. The Morgan fingerprint density at radius 1 is 0.964 bits per heavy atom. The molecule has 6 unspecified atom stereocenters. The van der Waals surface area contributed by atoms with Crippen LogP contribution in [0, 0.1) is 64.6 Å². The van der Waals surface area contributed by atoms with Gasteiger partial charge in [-0.05, 0) is 126 Å². The first-order valence-corrected chi connectivity index (χ1v) is 23.0. The van der Waals surface area contributed by atoms with Crippen LogP contribution in [0.4, 0.5) is 0 Å². The van der Waals surface area contributed by atoms with Crippen molar-refractivity contribution in [2.24, 2.45) is 64.6 Å². The lowest BCUT2D eigenvalue weighted by Gasteiger charge is -2.62. The van der Waals surface area contributed by atoms with Crippen LogP contribution in [0.25, 0.3) is 0 Å². The maximum absolute atomic E-state index is 14.4. The Hall–Kier alpha value is -1.34. The fraction of sp³-hybridized carbons (Fsp3) is 0.956. The van der Waals surface area contributed by atoms with Crippen molar-refractivity contribution in [2.45, 2.75) is 160 Å². The van der Waals surface area contributed by atoms with E-state index in [0.717, 1.165) is 63.3 Å². The fourth-order valence-electron chi connectivity index (χ4n) is 13.8. The van der Waals surface area contributed by atoms with E-state index in [9.17, 15) is 19.8 Å². The lowest BCUT2D eigenvalue weighted by molar-refractivity contribution is -0.193. The molecule has 8 rings (SSSR count). The summed E-state index contributed by atoms with van der Waals surface area (Å²) in [7, 11) is 6.12. The minimum absolute atomic E-state index is 0.0273. The van der Waals surface area contributed by atoms with E-state index in [1.165, 1.54) is 44.9 Å². The molecule has 2 saturated heterocycles. The summed E-state index contributed by atoms with van der Waals surface area (Å²) in [6.07, 6.45) is 14.6. The van der Waals surface area contributed by atoms with Gasteiger partial charge in [-0.15, -0.1) is 0 Å². The van der Waals surface area contributed by atoms with Crippen molar-refractivity contribution in [1.29, 1.82) is 0 Å². The largest absolute Gasteiger partial charge is 0.394 e. The summed E-state index contributed by atoms with van der Waals surface area (Å²) in [5.41, 5.74) is 0.319. The second-order valence-corrected chi connectivity index (χ2v) is 20.8. The number of rotatable bonds is 13. The first kappa shape index (κ1) is 42.8. The summed E-state index contributed by atoms with van der Waals surface area (Å²) >= 11 is 0. The van der Waals surface area contributed by atoms with E-state index in [0.29, 0.717) is 60.2 Å². The molecular weight excluding hydrogens is 707 g/mol. The molecule has 0 aromatic rings. The molecule has 0 aromatic carbocycles. The average Bonchev–Trinajstić information content (AvgIpc) is 3.82. The topological polar surface area (TPSA) is 136 Å². The average molecular weight is 786 g/mol. The number of fused-ring (bicyclic) bond motifs is 2. The normalized spacial score (nSPS) is 43.6. The van der Waals surface area contributed by atoms with E-state index in [4.69, 9.17) is 9.57 Å². The van der Waals surface area contributed by atoms with Gasteiger partial charge in [0.1, 0.15) is 12.1 Å². The molecule has 2 aliphatic heterocycles. The summed E-state index contributed by atoms with van der Waals surface area (Å²) < 4.78 is 6.44. The number of amides is 2. The zero-order chi connectivity index (χ0) is 39.9. The van der Waals surface area contributed by atoms with E-state index in [2.05, 4.69) is 55.7 Å². The predicted octanol–water partition coefficient (Wildman–Crippen LogP) is 4.60. The van der Waals surface area contributed by atoms with Crippen LogP contribution in [-0.4, -0.2) is 122 Å². The quantitative estimate of drug-likeness (QED) is 0.182. The molecule has 0 radical (unpaired) electrons. The number of aliphatic hydroxyl groups excluding tert-OH is 2. The van der Waals surface area contributed by atoms with Crippen molar-refractivity contribution >= 4 is 11.8 Å². The SMILES string of the molecule is COC1C(CN2O[C@@H](CO)[C@H]([C@H](C)O)[C@H]2C(=O)N[C@H]2C[C@H]3C[C@@H]([C@@H]2C)C3(C)C)CCCC1C1CC(C(=O)NC[C@@H]2C[C@@H](C3CCCCC3)CN2)CC(N(C)C)C1. The van der Waals surface area contributed by atoms with Gasteiger partial charge in [-0.25, -0.2) is 0 Å². The minimum atomic E-state index is -0.822. The van der Waals surface area contributed by atoms with Crippen molar-refractivity contribution in [3.05, 3.63) is 0 Å². The van der Waals surface area contributed by atoms with Gasteiger partial charge in [-0.1, -0.05) is 59.3 Å². The maximum Gasteiger partial charge on any atom is 0.240 e. The minimum Gasteiger partial charge on any atom is -0.394 e. The van der Waals surface area contributed by atoms with Gasteiger partial charge in [0.05, 0.1) is 18.8 Å². The molecule has 5 N–H and O–H groups in total. The fourth-order valence-corrected chi connectivity index (χ4v) is 13.8. The predicted molar refractivity (Wildman–Crippen MR) is 218 cm³/mol. The Kier molecular flexibility index (Phi) is 13.8. The number of carbonyl (C=O) groups excluding carboxylic acids is 2. The van der Waals surface area contributed by atoms with Crippen molar-refractivity contribution < 1.29 is 29.4 Å². The third-order valence-electron chi connectivity index (χ3n) is 17.3. The van der Waals surface area contributed by atoms with Gasteiger partial charge in [-0.2, -0.15) is 5.06 Å². The number of carbonyl (C=O) groups is 2. The molecule has 0 aromatic heterocycles. The second kappa shape index (κ2) is 18.1. The van der Waals surface area contributed by atoms with Gasteiger partial charge < -0.3 is 35.8 Å². The van der Waals surface area contributed by atoms with Gasteiger partial charge in [0.15, 0.2) is 0 Å². The lowest BCUT2D eigenvalue weighted by atomic mass is 9.45.